The summed E-state index contributed by atoms with van der Waals surface area (Å²) in [6.45, 7) is 10.0. The fraction of sp³-hybridized carbons (Fsp3) is 0.632. The Kier molecular flexibility index (Phi) is 6.86. The molecule has 1 aliphatic heterocycles. The van der Waals surface area contributed by atoms with Crippen molar-refractivity contribution in [1.29, 1.82) is 0 Å². The molecule has 0 amide bonds. The number of aryl methyl sites for hydroxylation is 2. The van der Waals surface area contributed by atoms with E-state index in [1.54, 1.807) is 6.33 Å². The SMILES string of the molecule is CCc1nncn1CCNC(=NCC1CCOC1)NC(C)c1ccc(C)o1. The first kappa shape index (κ1) is 19.4. The third-order valence-electron chi connectivity index (χ3n) is 4.73. The topological polar surface area (TPSA) is 89.5 Å². The van der Waals surface area contributed by atoms with Gasteiger partial charge < -0.3 is 24.4 Å². The summed E-state index contributed by atoms with van der Waals surface area (Å²) in [6, 6.07) is 4.01. The first-order valence-electron chi connectivity index (χ1n) is 9.71. The molecule has 2 unspecified atom stereocenters. The van der Waals surface area contributed by atoms with Crippen molar-refractivity contribution >= 4 is 5.96 Å². The van der Waals surface area contributed by atoms with Crippen LogP contribution >= 0.6 is 0 Å². The summed E-state index contributed by atoms with van der Waals surface area (Å²) >= 11 is 0. The first-order valence-corrected chi connectivity index (χ1v) is 9.71. The van der Waals surface area contributed by atoms with Crippen molar-refractivity contribution in [2.75, 3.05) is 26.3 Å². The van der Waals surface area contributed by atoms with Gasteiger partial charge in [0.1, 0.15) is 23.7 Å². The second-order valence-electron chi connectivity index (χ2n) is 6.95. The van der Waals surface area contributed by atoms with Crippen molar-refractivity contribution < 1.29 is 9.15 Å². The van der Waals surface area contributed by atoms with Gasteiger partial charge in [-0.1, -0.05) is 6.92 Å². The van der Waals surface area contributed by atoms with Crippen molar-refractivity contribution in [1.82, 2.24) is 25.4 Å². The summed E-state index contributed by atoms with van der Waals surface area (Å²) < 4.78 is 13.3. The van der Waals surface area contributed by atoms with E-state index < -0.39 is 0 Å². The Morgan fingerprint density at radius 2 is 2.33 bits per heavy atom. The van der Waals surface area contributed by atoms with E-state index in [9.17, 15) is 0 Å². The van der Waals surface area contributed by atoms with Gasteiger partial charge in [-0.25, -0.2) is 0 Å². The van der Waals surface area contributed by atoms with E-state index in [0.717, 1.165) is 69.0 Å². The van der Waals surface area contributed by atoms with Crippen LogP contribution in [0.15, 0.2) is 27.9 Å². The second kappa shape index (κ2) is 9.55. The Morgan fingerprint density at radius 3 is 3.04 bits per heavy atom. The Labute approximate surface area is 160 Å². The molecule has 3 heterocycles. The number of furan rings is 1. The Balaban J connectivity index is 1.58. The van der Waals surface area contributed by atoms with E-state index in [0.29, 0.717) is 5.92 Å². The largest absolute Gasteiger partial charge is 0.464 e. The minimum Gasteiger partial charge on any atom is -0.464 e. The third kappa shape index (κ3) is 5.56. The number of hydrogen-bond donors (Lipinski definition) is 2. The number of nitrogens with zero attached hydrogens (tertiary/aromatic N) is 4. The van der Waals surface area contributed by atoms with Crippen LogP contribution in [0.1, 0.15) is 43.7 Å². The molecule has 1 aliphatic rings. The summed E-state index contributed by atoms with van der Waals surface area (Å²) in [5.41, 5.74) is 0. The van der Waals surface area contributed by atoms with Crippen molar-refractivity contribution in [2.45, 2.75) is 46.2 Å². The van der Waals surface area contributed by atoms with Crippen LogP contribution in [0, 0.1) is 12.8 Å². The van der Waals surface area contributed by atoms with Crippen LogP contribution in [0.25, 0.3) is 0 Å². The number of rotatable bonds is 8. The zero-order valence-electron chi connectivity index (χ0n) is 16.4. The van der Waals surface area contributed by atoms with Gasteiger partial charge in [0.25, 0.3) is 0 Å². The van der Waals surface area contributed by atoms with Gasteiger partial charge >= 0.3 is 0 Å². The molecule has 27 heavy (non-hydrogen) atoms. The van der Waals surface area contributed by atoms with Crippen molar-refractivity contribution in [3.05, 3.63) is 35.8 Å². The maximum Gasteiger partial charge on any atom is 0.191 e. The zero-order chi connectivity index (χ0) is 19.1. The molecule has 2 aromatic heterocycles. The van der Waals surface area contributed by atoms with Crippen molar-refractivity contribution in [3.8, 4) is 0 Å². The molecule has 148 valence electrons. The Morgan fingerprint density at radius 1 is 1.44 bits per heavy atom. The van der Waals surface area contributed by atoms with E-state index in [1.165, 1.54) is 0 Å². The van der Waals surface area contributed by atoms with Gasteiger partial charge in [-0.2, -0.15) is 0 Å². The highest BCUT2D eigenvalue weighted by atomic mass is 16.5. The summed E-state index contributed by atoms with van der Waals surface area (Å²) in [6.07, 6.45) is 3.72. The average molecular weight is 374 g/mol. The fourth-order valence-corrected chi connectivity index (χ4v) is 3.10. The van der Waals surface area contributed by atoms with Gasteiger partial charge in [-0.05, 0) is 32.4 Å². The quantitative estimate of drug-likeness (QED) is 0.543. The highest BCUT2D eigenvalue weighted by Gasteiger charge is 2.16. The number of ether oxygens (including phenoxy) is 1. The molecule has 1 saturated heterocycles. The molecular weight excluding hydrogens is 344 g/mol. The van der Waals surface area contributed by atoms with Crippen LogP contribution in [0.4, 0.5) is 0 Å². The lowest BCUT2D eigenvalue weighted by atomic mass is 10.1. The first-order chi connectivity index (χ1) is 13.2. The van der Waals surface area contributed by atoms with Crippen LogP contribution in [0.2, 0.25) is 0 Å². The lowest BCUT2D eigenvalue weighted by molar-refractivity contribution is 0.187. The van der Waals surface area contributed by atoms with Gasteiger partial charge in [0.05, 0.1) is 12.6 Å². The van der Waals surface area contributed by atoms with E-state index in [2.05, 4.69) is 39.2 Å². The summed E-state index contributed by atoms with van der Waals surface area (Å²) in [5, 5.41) is 15.0. The van der Waals surface area contributed by atoms with Crippen LogP contribution in [-0.2, 0) is 17.7 Å². The Bertz CT molecular complexity index is 732. The molecule has 0 radical (unpaired) electrons. The number of nitrogens with one attached hydrogen (secondary N) is 2. The molecule has 2 N–H and O–H groups in total. The second-order valence-corrected chi connectivity index (χ2v) is 6.95. The molecule has 0 saturated carbocycles. The highest BCUT2D eigenvalue weighted by molar-refractivity contribution is 5.80. The lowest BCUT2D eigenvalue weighted by Gasteiger charge is -2.18. The summed E-state index contributed by atoms with van der Waals surface area (Å²) in [7, 11) is 0. The predicted molar refractivity (Wildman–Crippen MR) is 104 cm³/mol. The molecule has 8 nitrogen and oxygen atoms in total. The molecule has 8 heteroatoms. The van der Waals surface area contributed by atoms with Crippen LogP contribution in [0.5, 0.6) is 0 Å². The minimum atomic E-state index is 0.0332. The van der Waals surface area contributed by atoms with E-state index in [1.807, 2.05) is 19.1 Å². The molecule has 0 aliphatic carbocycles. The van der Waals surface area contributed by atoms with E-state index in [-0.39, 0.29) is 6.04 Å². The number of guanidine groups is 1. The molecule has 3 rings (SSSR count). The van der Waals surface area contributed by atoms with Crippen LogP contribution in [-0.4, -0.2) is 47.0 Å². The molecule has 0 bridgehead atoms. The van der Waals surface area contributed by atoms with Gasteiger partial charge in [0, 0.05) is 38.6 Å². The summed E-state index contributed by atoms with van der Waals surface area (Å²) in [5.74, 6) is 4.08. The number of aliphatic imine (C=N–C) groups is 1. The van der Waals surface area contributed by atoms with Crippen LogP contribution in [0.3, 0.4) is 0 Å². The smallest absolute Gasteiger partial charge is 0.191 e. The van der Waals surface area contributed by atoms with Gasteiger partial charge in [0.2, 0.25) is 0 Å². The molecule has 0 aromatic carbocycles. The van der Waals surface area contributed by atoms with Gasteiger partial charge in [-0.15, -0.1) is 10.2 Å². The summed E-state index contributed by atoms with van der Waals surface area (Å²) in [4.78, 5) is 4.77. The van der Waals surface area contributed by atoms with E-state index in [4.69, 9.17) is 14.1 Å². The number of aromatic nitrogens is 3. The highest BCUT2D eigenvalue weighted by Crippen LogP contribution is 2.16. The monoisotopic (exact) mass is 374 g/mol. The maximum atomic E-state index is 5.73. The van der Waals surface area contributed by atoms with Crippen molar-refractivity contribution in [2.24, 2.45) is 10.9 Å². The van der Waals surface area contributed by atoms with Gasteiger partial charge in [-0.3, -0.25) is 4.99 Å². The van der Waals surface area contributed by atoms with Crippen LogP contribution < -0.4 is 10.6 Å². The zero-order valence-corrected chi connectivity index (χ0v) is 16.4. The molecule has 1 fully saturated rings. The van der Waals surface area contributed by atoms with Gasteiger partial charge in [0.15, 0.2) is 5.96 Å². The van der Waals surface area contributed by atoms with E-state index >= 15 is 0 Å². The third-order valence-corrected chi connectivity index (χ3v) is 4.73. The maximum absolute atomic E-state index is 5.73. The normalized spacial score (nSPS) is 18.6. The molecular formula is C19H30N6O2. The number of hydrogen-bond acceptors (Lipinski definition) is 5. The molecule has 2 atom stereocenters. The lowest BCUT2D eigenvalue weighted by Crippen LogP contribution is -2.40. The predicted octanol–water partition coefficient (Wildman–Crippen LogP) is 2.07. The Hall–Kier alpha value is -2.35. The fourth-order valence-electron chi connectivity index (χ4n) is 3.10. The average Bonchev–Trinajstić information content (AvgIpc) is 3.41. The van der Waals surface area contributed by atoms with Crippen molar-refractivity contribution in [3.63, 3.8) is 0 Å². The molecule has 0 spiro atoms. The standard InChI is InChI=1S/C19H30N6O2/c1-4-18-24-22-13-25(18)9-8-20-19(21-11-16-7-10-26-12-16)23-15(3)17-6-5-14(2)27-17/h5-6,13,15-16H,4,7-12H2,1-3H3,(H2,20,21,23). The molecule has 2 aromatic rings. The minimum absolute atomic E-state index is 0.0332.